The molecule has 35 heavy (non-hydrogen) atoms. The number of allylic oxidation sites excluding steroid dienone is 3. The third kappa shape index (κ3) is 3.57. The predicted molar refractivity (Wildman–Crippen MR) is 135 cm³/mol. The van der Waals surface area contributed by atoms with Crippen LogP contribution in [-0.2, 0) is 0 Å². The van der Waals surface area contributed by atoms with Gasteiger partial charge in [-0.3, -0.25) is 14.8 Å². The zero-order chi connectivity index (χ0) is 24.2. The number of amides is 1. The van der Waals surface area contributed by atoms with Crippen molar-refractivity contribution in [2.45, 2.75) is 64.8 Å². The first-order valence-electron chi connectivity index (χ1n) is 13.1. The Morgan fingerprint density at radius 2 is 1.83 bits per heavy atom. The lowest BCUT2D eigenvalue weighted by Gasteiger charge is -2.58. The molecule has 0 aromatic carbocycles. The van der Waals surface area contributed by atoms with Gasteiger partial charge in [-0.15, -0.1) is 0 Å². The van der Waals surface area contributed by atoms with E-state index in [0.717, 1.165) is 32.1 Å². The van der Waals surface area contributed by atoms with Gasteiger partial charge in [0.2, 0.25) is 0 Å². The first kappa shape index (κ1) is 22.6. The molecule has 4 aliphatic carbocycles. The van der Waals surface area contributed by atoms with Gasteiger partial charge in [0.1, 0.15) is 5.82 Å². The summed E-state index contributed by atoms with van der Waals surface area (Å²) in [6.07, 6.45) is 19.2. The van der Waals surface area contributed by atoms with Crippen molar-refractivity contribution < 1.29 is 9.18 Å². The second kappa shape index (κ2) is 8.39. The maximum Gasteiger partial charge on any atom is 0.256 e. The highest BCUT2D eigenvalue weighted by atomic mass is 19.1. The van der Waals surface area contributed by atoms with Gasteiger partial charge >= 0.3 is 0 Å². The van der Waals surface area contributed by atoms with Gasteiger partial charge in [-0.2, -0.15) is 0 Å². The fourth-order valence-corrected chi connectivity index (χ4v) is 8.13. The second-order valence-electron chi connectivity index (χ2n) is 11.6. The molecule has 1 amide bonds. The van der Waals surface area contributed by atoms with E-state index in [2.05, 4.69) is 53.4 Å². The van der Waals surface area contributed by atoms with E-state index < -0.39 is 5.82 Å². The van der Waals surface area contributed by atoms with Gasteiger partial charge in [0.15, 0.2) is 0 Å². The molecule has 2 fully saturated rings. The van der Waals surface area contributed by atoms with Crippen molar-refractivity contribution in [3.63, 3.8) is 0 Å². The number of fused-ring (bicyclic) bond motifs is 5. The predicted octanol–water partition coefficient (Wildman–Crippen LogP) is 6.37. The molecule has 2 aromatic heterocycles. The van der Waals surface area contributed by atoms with Crippen LogP contribution in [0.1, 0.15) is 74.7 Å². The van der Waals surface area contributed by atoms with Crippen LogP contribution in [0, 0.1) is 34.4 Å². The van der Waals surface area contributed by atoms with Gasteiger partial charge in [0.25, 0.3) is 5.91 Å². The molecule has 6 unspecified atom stereocenters. The lowest BCUT2D eigenvalue weighted by atomic mass is 9.47. The number of hydrogen-bond donors (Lipinski definition) is 1. The van der Waals surface area contributed by atoms with Crippen molar-refractivity contribution in [2.24, 2.45) is 28.6 Å². The highest BCUT2D eigenvalue weighted by molar-refractivity contribution is 5.94. The van der Waals surface area contributed by atoms with Crippen LogP contribution in [0.4, 0.5) is 4.39 Å². The van der Waals surface area contributed by atoms with E-state index in [1.54, 1.807) is 0 Å². The molecule has 2 aromatic rings. The van der Waals surface area contributed by atoms with E-state index in [4.69, 9.17) is 0 Å². The first-order valence-corrected chi connectivity index (χ1v) is 13.1. The van der Waals surface area contributed by atoms with Crippen molar-refractivity contribution in [3.05, 3.63) is 77.7 Å². The average molecular weight is 472 g/mol. The number of nitrogens with one attached hydrogen (secondary N) is 1. The van der Waals surface area contributed by atoms with E-state index in [9.17, 15) is 9.18 Å². The smallest absolute Gasteiger partial charge is 0.256 e. The van der Waals surface area contributed by atoms with Gasteiger partial charge in [-0.1, -0.05) is 37.6 Å². The van der Waals surface area contributed by atoms with Crippen LogP contribution in [0.2, 0.25) is 0 Å². The number of nitrogens with zero attached hydrogens (tertiary/aromatic N) is 2. The summed E-state index contributed by atoms with van der Waals surface area (Å²) in [5.74, 6) is 1.20. The van der Waals surface area contributed by atoms with E-state index >= 15 is 0 Å². The summed E-state index contributed by atoms with van der Waals surface area (Å²) >= 11 is 0. The zero-order valence-corrected chi connectivity index (χ0v) is 20.6. The van der Waals surface area contributed by atoms with Gasteiger partial charge in [-0.05, 0) is 96.8 Å². The number of carbonyl (C=O) groups excluding carboxylic acids is 1. The largest absolute Gasteiger partial charge is 0.349 e. The van der Waals surface area contributed by atoms with Crippen molar-refractivity contribution in [3.8, 4) is 0 Å². The summed E-state index contributed by atoms with van der Waals surface area (Å²) in [6.45, 7) is 4.97. The Balaban J connectivity index is 1.20. The average Bonchev–Trinajstić information content (AvgIpc) is 3.22. The lowest BCUT2D eigenvalue weighted by Crippen LogP contribution is -2.51. The molecule has 0 saturated heterocycles. The van der Waals surface area contributed by atoms with Crippen LogP contribution in [-0.4, -0.2) is 21.9 Å². The molecule has 0 bridgehead atoms. The van der Waals surface area contributed by atoms with Crippen LogP contribution in [0.15, 0.2) is 60.7 Å². The molecule has 6 atom stereocenters. The third-order valence-corrected chi connectivity index (χ3v) is 10.0. The first-order chi connectivity index (χ1) is 16.9. The van der Waals surface area contributed by atoms with Crippen molar-refractivity contribution in [2.75, 3.05) is 0 Å². The molecule has 1 N–H and O–H groups in total. The summed E-state index contributed by atoms with van der Waals surface area (Å²) in [7, 11) is 0. The Morgan fingerprint density at radius 1 is 1.00 bits per heavy atom. The van der Waals surface area contributed by atoms with Crippen LogP contribution < -0.4 is 5.32 Å². The third-order valence-electron chi connectivity index (χ3n) is 10.0. The van der Waals surface area contributed by atoms with Gasteiger partial charge in [0.05, 0.1) is 5.56 Å². The Kier molecular flexibility index (Phi) is 5.43. The molecule has 2 saturated carbocycles. The molecular weight excluding hydrogens is 437 g/mol. The molecule has 4 aliphatic rings. The van der Waals surface area contributed by atoms with Crippen LogP contribution in [0.3, 0.4) is 0 Å². The fraction of sp³-hybridized carbons (Fsp3) is 0.500. The molecule has 5 heteroatoms. The highest BCUT2D eigenvalue weighted by Gasteiger charge is 2.56. The van der Waals surface area contributed by atoms with Crippen LogP contribution in [0.25, 0.3) is 5.57 Å². The number of hydrogen-bond acceptors (Lipinski definition) is 3. The van der Waals surface area contributed by atoms with Crippen LogP contribution in [0.5, 0.6) is 0 Å². The van der Waals surface area contributed by atoms with Crippen molar-refractivity contribution in [1.29, 1.82) is 0 Å². The highest BCUT2D eigenvalue weighted by Crippen LogP contribution is 2.66. The number of carbonyl (C=O) groups is 1. The summed E-state index contributed by atoms with van der Waals surface area (Å²) in [5, 5.41) is 3.09. The minimum absolute atomic E-state index is 0.0308. The Hall–Kier alpha value is -2.82. The normalized spacial score (nSPS) is 35.7. The topological polar surface area (TPSA) is 54.9 Å². The number of halogens is 1. The van der Waals surface area contributed by atoms with Gasteiger partial charge in [0, 0.05) is 30.8 Å². The van der Waals surface area contributed by atoms with E-state index in [1.807, 2.05) is 12.4 Å². The maximum absolute atomic E-state index is 14.1. The number of rotatable bonds is 3. The number of pyridine rings is 2. The van der Waals surface area contributed by atoms with Gasteiger partial charge in [-0.25, -0.2) is 4.39 Å². The molecule has 4 nitrogen and oxygen atoms in total. The van der Waals surface area contributed by atoms with Crippen molar-refractivity contribution >= 4 is 11.5 Å². The molecule has 0 spiro atoms. The summed E-state index contributed by atoms with van der Waals surface area (Å²) < 4.78 is 14.1. The fourth-order valence-electron chi connectivity index (χ4n) is 8.13. The molecule has 2 heterocycles. The molecule has 182 valence electrons. The standard InChI is InChI=1S/C30H34FN3O/c1-29-12-9-21(34-28(35)23-18-33-15-11-27(23)31)16-20(29)5-6-22-25-8-7-24(19-4-3-14-32-17-19)30(25,2)13-10-26(22)29/h3-5,7,11,14-15,17-18,21-22,25-26H,6,8-10,12-13,16H2,1-2H3,(H,34,35). The van der Waals surface area contributed by atoms with E-state index in [-0.39, 0.29) is 28.3 Å². The minimum atomic E-state index is -0.515. The summed E-state index contributed by atoms with van der Waals surface area (Å²) in [5.41, 5.74) is 4.75. The summed E-state index contributed by atoms with van der Waals surface area (Å²) in [4.78, 5) is 21.0. The quantitative estimate of drug-likeness (QED) is 0.529. The van der Waals surface area contributed by atoms with E-state index in [1.165, 1.54) is 48.0 Å². The molecule has 0 aliphatic heterocycles. The van der Waals surface area contributed by atoms with E-state index in [0.29, 0.717) is 17.8 Å². The SMILES string of the molecule is CC12CCC(NC(=O)c3cnccc3F)CC1=CCC1C2CCC2(C)C(c3cccnc3)=CCC12. The maximum atomic E-state index is 14.1. The van der Waals surface area contributed by atoms with Crippen molar-refractivity contribution in [1.82, 2.24) is 15.3 Å². The number of aromatic nitrogens is 2. The van der Waals surface area contributed by atoms with Crippen LogP contribution >= 0.6 is 0 Å². The minimum Gasteiger partial charge on any atom is -0.349 e. The zero-order valence-electron chi connectivity index (χ0n) is 20.6. The molecule has 6 rings (SSSR count). The lowest BCUT2D eigenvalue weighted by molar-refractivity contribution is -0.0123. The Bertz CT molecular complexity index is 1210. The summed E-state index contributed by atoms with van der Waals surface area (Å²) in [6, 6.07) is 5.56. The Labute approximate surface area is 207 Å². The van der Waals surface area contributed by atoms with Gasteiger partial charge < -0.3 is 5.32 Å². The Morgan fingerprint density at radius 3 is 2.63 bits per heavy atom. The molecule has 0 radical (unpaired) electrons. The molecular formula is C30H34FN3O. The second-order valence-corrected chi connectivity index (χ2v) is 11.6. The monoisotopic (exact) mass is 471 g/mol.